The Morgan fingerprint density at radius 1 is 1.21 bits per heavy atom. The predicted octanol–water partition coefficient (Wildman–Crippen LogP) is 3.09. The smallest absolute Gasteiger partial charge is 0.133 e. The second-order valence-corrected chi connectivity index (χ2v) is 3.11. The third-order valence-corrected chi connectivity index (χ3v) is 2.04. The summed E-state index contributed by atoms with van der Waals surface area (Å²) in [5.41, 5.74) is 2.24. The monoisotopic (exact) mass is 188 g/mol. The molecule has 1 aromatic carbocycles. The van der Waals surface area contributed by atoms with Crippen molar-refractivity contribution in [1.82, 2.24) is 0 Å². The minimum atomic E-state index is 0.633. The van der Waals surface area contributed by atoms with Gasteiger partial charge in [0, 0.05) is 12.7 Å². The van der Waals surface area contributed by atoms with Crippen LogP contribution >= 0.6 is 0 Å². The molecule has 2 rings (SSSR count). The number of ether oxygens (including phenoxy) is 1. The summed E-state index contributed by atoms with van der Waals surface area (Å²) in [6, 6.07) is 12.0. The highest BCUT2D eigenvalue weighted by atomic mass is 16.5. The summed E-state index contributed by atoms with van der Waals surface area (Å²) in [5, 5.41) is 0. The molecule has 14 heavy (non-hydrogen) atoms. The van der Waals surface area contributed by atoms with Gasteiger partial charge in [0.05, 0.1) is 12.9 Å². The summed E-state index contributed by atoms with van der Waals surface area (Å²) in [4.78, 5) is 0. The third-order valence-electron chi connectivity index (χ3n) is 2.04. The Labute approximate surface area is 83.1 Å². The predicted molar refractivity (Wildman–Crippen MR) is 54.9 cm³/mol. The molecule has 1 heterocycles. The van der Waals surface area contributed by atoms with Crippen LogP contribution in [0.4, 0.5) is 0 Å². The van der Waals surface area contributed by atoms with Crippen molar-refractivity contribution in [2.75, 3.05) is 7.11 Å². The van der Waals surface area contributed by atoms with E-state index in [0.717, 1.165) is 16.9 Å². The molecule has 1 aromatic heterocycles. The van der Waals surface area contributed by atoms with E-state index >= 15 is 0 Å². The van der Waals surface area contributed by atoms with E-state index in [-0.39, 0.29) is 0 Å². The summed E-state index contributed by atoms with van der Waals surface area (Å²) < 4.78 is 10.4. The Hall–Kier alpha value is -1.54. The van der Waals surface area contributed by atoms with Gasteiger partial charge in [-0.25, -0.2) is 0 Å². The second kappa shape index (κ2) is 4.11. The van der Waals surface area contributed by atoms with Gasteiger partial charge in [0.15, 0.2) is 0 Å². The standard InChI is InChI=1S/C12H12O2/c1-13-9-10-4-2-5-11(8-10)12-6-3-7-14-12/h2-8H,9H2,1H3. The van der Waals surface area contributed by atoms with Crippen LogP contribution in [0.2, 0.25) is 0 Å². The lowest BCUT2D eigenvalue weighted by molar-refractivity contribution is 0.185. The van der Waals surface area contributed by atoms with Crippen LogP contribution in [0.15, 0.2) is 47.1 Å². The number of hydrogen-bond donors (Lipinski definition) is 0. The normalized spacial score (nSPS) is 10.4. The van der Waals surface area contributed by atoms with Crippen molar-refractivity contribution in [1.29, 1.82) is 0 Å². The molecule has 0 bridgehead atoms. The van der Waals surface area contributed by atoms with Gasteiger partial charge in [-0.15, -0.1) is 0 Å². The minimum absolute atomic E-state index is 0.633. The van der Waals surface area contributed by atoms with Gasteiger partial charge in [-0.05, 0) is 23.8 Å². The molecule has 0 aliphatic heterocycles. The van der Waals surface area contributed by atoms with Gasteiger partial charge < -0.3 is 9.15 Å². The van der Waals surface area contributed by atoms with E-state index in [9.17, 15) is 0 Å². The van der Waals surface area contributed by atoms with Gasteiger partial charge in [0.1, 0.15) is 5.76 Å². The molecule has 0 radical (unpaired) electrons. The fourth-order valence-corrected chi connectivity index (χ4v) is 1.42. The van der Waals surface area contributed by atoms with Crippen LogP contribution in [0.1, 0.15) is 5.56 Å². The zero-order valence-corrected chi connectivity index (χ0v) is 8.07. The molecule has 0 atom stereocenters. The highest BCUT2D eigenvalue weighted by molar-refractivity contribution is 5.57. The number of hydrogen-bond acceptors (Lipinski definition) is 2. The van der Waals surface area contributed by atoms with Gasteiger partial charge in [0.2, 0.25) is 0 Å². The zero-order valence-electron chi connectivity index (χ0n) is 8.07. The lowest BCUT2D eigenvalue weighted by atomic mass is 10.1. The summed E-state index contributed by atoms with van der Waals surface area (Å²) >= 11 is 0. The minimum Gasteiger partial charge on any atom is -0.464 e. The fraction of sp³-hybridized carbons (Fsp3) is 0.167. The van der Waals surface area contributed by atoms with Gasteiger partial charge >= 0.3 is 0 Å². The first-order valence-electron chi connectivity index (χ1n) is 4.52. The molecule has 0 amide bonds. The highest BCUT2D eigenvalue weighted by Crippen LogP contribution is 2.20. The van der Waals surface area contributed by atoms with Gasteiger partial charge in [-0.1, -0.05) is 18.2 Å². The Kier molecular flexibility index (Phi) is 2.65. The summed E-state index contributed by atoms with van der Waals surface area (Å²) in [5.74, 6) is 0.892. The van der Waals surface area contributed by atoms with Crippen molar-refractivity contribution in [2.24, 2.45) is 0 Å². The molecule has 0 spiro atoms. The number of furan rings is 1. The number of benzene rings is 1. The SMILES string of the molecule is COCc1cccc(-c2ccco2)c1. The molecule has 2 nitrogen and oxygen atoms in total. The maximum absolute atomic E-state index is 5.31. The lowest BCUT2D eigenvalue weighted by Crippen LogP contribution is -1.87. The molecule has 0 aliphatic carbocycles. The largest absolute Gasteiger partial charge is 0.464 e. The molecule has 0 unspecified atom stereocenters. The van der Waals surface area contributed by atoms with Crippen LogP contribution in [-0.2, 0) is 11.3 Å². The van der Waals surface area contributed by atoms with E-state index in [4.69, 9.17) is 9.15 Å². The third kappa shape index (κ3) is 1.86. The van der Waals surface area contributed by atoms with Crippen molar-refractivity contribution in [2.45, 2.75) is 6.61 Å². The van der Waals surface area contributed by atoms with Crippen molar-refractivity contribution in [3.8, 4) is 11.3 Å². The Bertz CT molecular complexity index is 390. The molecule has 72 valence electrons. The van der Waals surface area contributed by atoms with Crippen LogP contribution in [0.3, 0.4) is 0 Å². The molecule has 2 heteroatoms. The van der Waals surface area contributed by atoms with Crippen LogP contribution in [-0.4, -0.2) is 7.11 Å². The zero-order chi connectivity index (χ0) is 9.80. The molecule has 0 saturated heterocycles. The van der Waals surface area contributed by atoms with Gasteiger partial charge in [-0.2, -0.15) is 0 Å². The van der Waals surface area contributed by atoms with Crippen molar-refractivity contribution in [3.05, 3.63) is 48.2 Å². The van der Waals surface area contributed by atoms with E-state index in [1.165, 1.54) is 0 Å². The van der Waals surface area contributed by atoms with E-state index in [1.54, 1.807) is 13.4 Å². The maximum Gasteiger partial charge on any atom is 0.133 e. The molecule has 0 N–H and O–H groups in total. The Morgan fingerprint density at radius 3 is 2.86 bits per heavy atom. The van der Waals surface area contributed by atoms with Gasteiger partial charge in [0.25, 0.3) is 0 Å². The molecule has 0 aliphatic rings. The number of methoxy groups -OCH3 is 1. The van der Waals surface area contributed by atoms with Crippen molar-refractivity contribution < 1.29 is 9.15 Å². The average Bonchev–Trinajstić information content (AvgIpc) is 2.71. The van der Waals surface area contributed by atoms with Crippen molar-refractivity contribution in [3.63, 3.8) is 0 Å². The summed E-state index contributed by atoms with van der Waals surface area (Å²) in [6.07, 6.45) is 1.68. The molecule has 0 saturated carbocycles. The second-order valence-electron chi connectivity index (χ2n) is 3.11. The first kappa shape index (κ1) is 9.03. The van der Waals surface area contributed by atoms with E-state index in [0.29, 0.717) is 6.61 Å². The first-order chi connectivity index (χ1) is 6.90. The average molecular weight is 188 g/mol. The number of rotatable bonds is 3. The van der Waals surface area contributed by atoms with Crippen LogP contribution in [0, 0.1) is 0 Å². The topological polar surface area (TPSA) is 22.4 Å². The van der Waals surface area contributed by atoms with Crippen LogP contribution in [0.5, 0.6) is 0 Å². The highest BCUT2D eigenvalue weighted by Gasteiger charge is 2.00. The molecule has 0 fully saturated rings. The van der Waals surface area contributed by atoms with Crippen LogP contribution in [0.25, 0.3) is 11.3 Å². The Morgan fingerprint density at radius 2 is 2.14 bits per heavy atom. The fourth-order valence-electron chi connectivity index (χ4n) is 1.42. The molecular formula is C12H12O2. The van der Waals surface area contributed by atoms with Crippen molar-refractivity contribution >= 4 is 0 Å². The van der Waals surface area contributed by atoms with E-state index in [1.807, 2.05) is 30.3 Å². The quantitative estimate of drug-likeness (QED) is 0.738. The summed E-state index contributed by atoms with van der Waals surface area (Å²) in [6.45, 7) is 0.633. The van der Waals surface area contributed by atoms with E-state index < -0.39 is 0 Å². The first-order valence-corrected chi connectivity index (χ1v) is 4.52. The summed E-state index contributed by atoms with van der Waals surface area (Å²) in [7, 11) is 1.69. The maximum atomic E-state index is 5.31. The molecular weight excluding hydrogens is 176 g/mol. The molecule has 2 aromatic rings. The van der Waals surface area contributed by atoms with Gasteiger partial charge in [-0.3, -0.25) is 0 Å². The van der Waals surface area contributed by atoms with Crippen LogP contribution < -0.4 is 0 Å². The van der Waals surface area contributed by atoms with E-state index in [2.05, 4.69) is 6.07 Å². The lowest BCUT2D eigenvalue weighted by Gasteiger charge is -2.01. The Balaban J connectivity index is 2.31.